The van der Waals surface area contributed by atoms with Crippen molar-refractivity contribution in [1.29, 1.82) is 0 Å². The fourth-order valence-electron chi connectivity index (χ4n) is 1.36. The van der Waals surface area contributed by atoms with Gasteiger partial charge in [0.25, 0.3) is 0 Å². The molecule has 0 heterocycles. The molecule has 0 spiro atoms. The molecule has 0 fully saturated rings. The van der Waals surface area contributed by atoms with Gasteiger partial charge >= 0.3 is 5.97 Å². The van der Waals surface area contributed by atoms with Crippen LogP contribution in [0.25, 0.3) is 0 Å². The summed E-state index contributed by atoms with van der Waals surface area (Å²) in [6, 6.07) is 3.42. The minimum absolute atomic E-state index is 0.0464. The molecule has 0 saturated heterocycles. The molecule has 0 bridgehead atoms. The number of methoxy groups -OCH3 is 1. The molecule has 0 unspecified atom stereocenters. The van der Waals surface area contributed by atoms with E-state index < -0.39 is 11.8 Å². The van der Waals surface area contributed by atoms with Gasteiger partial charge in [0.1, 0.15) is 5.82 Å². The SMILES string of the molecule is COC(=O)c1cc(F)ccc1NC(=O)CCCO. The molecule has 0 saturated carbocycles. The molecule has 1 aromatic rings. The zero-order valence-electron chi connectivity index (χ0n) is 9.90. The second-order valence-electron chi connectivity index (χ2n) is 3.56. The molecule has 1 rings (SSSR count). The second-order valence-corrected chi connectivity index (χ2v) is 3.56. The van der Waals surface area contributed by atoms with Gasteiger partial charge < -0.3 is 15.2 Å². The average molecular weight is 255 g/mol. The zero-order valence-corrected chi connectivity index (χ0v) is 9.90. The highest BCUT2D eigenvalue weighted by molar-refractivity contribution is 6.01. The molecule has 0 atom stereocenters. The highest BCUT2D eigenvalue weighted by Gasteiger charge is 2.14. The highest BCUT2D eigenvalue weighted by atomic mass is 19.1. The van der Waals surface area contributed by atoms with Crippen molar-refractivity contribution in [2.75, 3.05) is 19.0 Å². The maximum absolute atomic E-state index is 13.0. The Labute approximate surface area is 104 Å². The topological polar surface area (TPSA) is 75.6 Å². The second kappa shape index (κ2) is 6.70. The van der Waals surface area contributed by atoms with Crippen LogP contribution < -0.4 is 5.32 Å². The first-order valence-electron chi connectivity index (χ1n) is 5.37. The van der Waals surface area contributed by atoms with E-state index in [9.17, 15) is 14.0 Å². The van der Waals surface area contributed by atoms with Crippen LogP contribution in [-0.4, -0.2) is 30.7 Å². The fraction of sp³-hybridized carbons (Fsp3) is 0.333. The van der Waals surface area contributed by atoms with Crippen molar-refractivity contribution in [2.45, 2.75) is 12.8 Å². The Bertz CT molecular complexity index is 448. The van der Waals surface area contributed by atoms with Crippen LogP contribution in [0.4, 0.5) is 10.1 Å². The van der Waals surface area contributed by atoms with E-state index in [1.807, 2.05) is 0 Å². The van der Waals surface area contributed by atoms with Crippen molar-refractivity contribution in [3.63, 3.8) is 0 Å². The number of halogens is 1. The van der Waals surface area contributed by atoms with Gasteiger partial charge in [-0.2, -0.15) is 0 Å². The Kier molecular flexibility index (Phi) is 5.26. The number of benzene rings is 1. The lowest BCUT2D eigenvalue weighted by Gasteiger charge is -2.09. The van der Waals surface area contributed by atoms with Crippen molar-refractivity contribution < 1.29 is 23.8 Å². The smallest absolute Gasteiger partial charge is 0.340 e. The number of ether oxygens (including phenoxy) is 1. The van der Waals surface area contributed by atoms with Crippen LogP contribution in [0.3, 0.4) is 0 Å². The molecule has 0 aliphatic carbocycles. The summed E-state index contributed by atoms with van der Waals surface area (Å²) in [5.41, 5.74) is 0.140. The van der Waals surface area contributed by atoms with E-state index in [-0.39, 0.29) is 30.2 Å². The summed E-state index contributed by atoms with van der Waals surface area (Å²) in [7, 11) is 1.17. The van der Waals surface area contributed by atoms with Crippen molar-refractivity contribution in [1.82, 2.24) is 0 Å². The fourth-order valence-corrected chi connectivity index (χ4v) is 1.36. The standard InChI is InChI=1S/C12H14FNO4/c1-18-12(17)9-7-8(13)4-5-10(9)14-11(16)3-2-6-15/h4-5,7,15H,2-3,6H2,1H3,(H,14,16). The number of aliphatic hydroxyl groups excluding tert-OH is 1. The lowest BCUT2D eigenvalue weighted by atomic mass is 10.1. The molecule has 6 heteroatoms. The van der Waals surface area contributed by atoms with Crippen LogP contribution >= 0.6 is 0 Å². The van der Waals surface area contributed by atoms with Gasteiger partial charge in [-0.1, -0.05) is 0 Å². The lowest BCUT2D eigenvalue weighted by molar-refractivity contribution is -0.116. The molecule has 5 nitrogen and oxygen atoms in total. The summed E-state index contributed by atoms with van der Waals surface area (Å²) >= 11 is 0. The van der Waals surface area contributed by atoms with E-state index >= 15 is 0 Å². The van der Waals surface area contributed by atoms with Gasteiger partial charge in [0.05, 0.1) is 18.4 Å². The number of hydrogen-bond acceptors (Lipinski definition) is 4. The molecule has 0 aliphatic rings. The van der Waals surface area contributed by atoms with Crippen LogP contribution in [0.15, 0.2) is 18.2 Å². The highest BCUT2D eigenvalue weighted by Crippen LogP contribution is 2.18. The van der Waals surface area contributed by atoms with E-state index in [4.69, 9.17) is 5.11 Å². The van der Waals surface area contributed by atoms with Gasteiger partial charge in [-0.15, -0.1) is 0 Å². The summed E-state index contributed by atoms with van der Waals surface area (Å²) in [6.45, 7) is -0.0965. The van der Waals surface area contributed by atoms with Crippen molar-refractivity contribution in [3.05, 3.63) is 29.6 Å². The first-order valence-corrected chi connectivity index (χ1v) is 5.37. The minimum atomic E-state index is -0.730. The summed E-state index contributed by atoms with van der Waals surface area (Å²) in [5.74, 6) is -1.68. The molecule has 0 aromatic heterocycles. The Morgan fingerprint density at radius 2 is 2.17 bits per heavy atom. The number of nitrogens with one attached hydrogen (secondary N) is 1. The van der Waals surface area contributed by atoms with E-state index in [1.54, 1.807) is 0 Å². The predicted octanol–water partition coefficient (Wildman–Crippen LogP) is 1.32. The van der Waals surface area contributed by atoms with Gasteiger partial charge in [0.15, 0.2) is 0 Å². The normalized spacial score (nSPS) is 9.94. The van der Waals surface area contributed by atoms with Crippen LogP contribution in [0.5, 0.6) is 0 Å². The third kappa shape index (κ3) is 3.81. The molecule has 2 N–H and O–H groups in total. The summed E-state index contributed by atoms with van der Waals surface area (Å²) < 4.78 is 17.5. The molecule has 0 radical (unpaired) electrons. The molecule has 18 heavy (non-hydrogen) atoms. The van der Waals surface area contributed by atoms with E-state index in [0.29, 0.717) is 6.42 Å². The van der Waals surface area contributed by atoms with Crippen molar-refractivity contribution in [2.24, 2.45) is 0 Å². The quantitative estimate of drug-likeness (QED) is 0.778. The summed E-state index contributed by atoms with van der Waals surface area (Å²) in [5, 5.41) is 11.1. The third-order valence-corrected chi connectivity index (χ3v) is 2.22. The van der Waals surface area contributed by atoms with Crippen molar-refractivity contribution >= 4 is 17.6 Å². The van der Waals surface area contributed by atoms with Crippen LogP contribution in [0.2, 0.25) is 0 Å². The third-order valence-electron chi connectivity index (χ3n) is 2.22. The van der Waals surface area contributed by atoms with E-state index in [2.05, 4.69) is 10.1 Å². The Morgan fingerprint density at radius 1 is 1.44 bits per heavy atom. The van der Waals surface area contributed by atoms with Gasteiger partial charge in [-0.3, -0.25) is 4.79 Å². The number of carbonyl (C=O) groups is 2. The first kappa shape index (κ1) is 14.1. The van der Waals surface area contributed by atoms with E-state index in [1.165, 1.54) is 13.2 Å². The molecule has 1 amide bonds. The Morgan fingerprint density at radius 3 is 2.78 bits per heavy atom. The Balaban J connectivity index is 2.87. The maximum Gasteiger partial charge on any atom is 0.340 e. The van der Waals surface area contributed by atoms with Gasteiger partial charge in [0.2, 0.25) is 5.91 Å². The number of esters is 1. The van der Waals surface area contributed by atoms with Crippen LogP contribution in [0, 0.1) is 5.82 Å². The molecule has 0 aliphatic heterocycles. The summed E-state index contributed by atoms with van der Waals surface area (Å²) in [4.78, 5) is 22.9. The van der Waals surface area contributed by atoms with Crippen LogP contribution in [0.1, 0.15) is 23.2 Å². The molecule has 98 valence electrons. The molecule has 1 aromatic carbocycles. The van der Waals surface area contributed by atoms with E-state index in [0.717, 1.165) is 12.1 Å². The maximum atomic E-state index is 13.0. The number of anilines is 1. The van der Waals surface area contributed by atoms with Crippen molar-refractivity contribution in [3.8, 4) is 0 Å². The van der Waals surface area contributed by atoms with Gasteiger partial charge in [0, 0.05) is 13.0 Å². The van der Waals surface area contributed by atoms with Crippen LogP contribution in [-0.2, 0) is 9.53 Å². The lowest BCUT2D eigenvalue weighted by Crippen LogP contribution is -2.15. The van der Waals surface area contributed by atoms with Gasteiger partial charge in [-0.05, 0) is 24.6 Å². The first-order chi connectivity index (χ1) is 8.58. The number of aliphatic hydroxyl groups is 1. The monoisotopic (exact) mass is 255 g/mol. The number of amides is 1. The molecular weight excluding hydrogens is 241 g/mol. The summed E-state index contributed by atoms with van der Waals surface area (Å²) in [6.07, 6.45) is 0.440. The zero-order chi connectivity index (χ0) is 13.5. The predicted molar refractivity (Wildman–Crippen MR) is 62.7 cm³/mol. The largest absolute Gasteiger partial charge is 0.465 e. The average Bonchev–Trinajstić information content (AvgIpc) is 2.37. The number of hydrogen-bond donors (Lipinski definition) is 2. The number of rotatable bonds is 5. The minimum Gasteiger partial charge on any atom is -0.465 e. The Hall–Kier alpha value is -1.95. The molecular formula is C12H14FNO4. The van der Waals surface area contributed by atoms with Gasteiger partial charge in [-0.25, -0.2) is 9.18 Å². The number of carbonyl (C=O) groups excluding carboxylic acids is 2.